The van der Waals surface area contributed by atoms with E-state index < -0.39 is 144 Å². The molecule has 62 heavy (non-hydrogen) atoms. The van der Waals surface area contributed by atoms with Crippen molar-refractivity contribution in [2.45, 2.75) is 66.1 Å². The first kappa shape index (κ1) is 49.4. The summed E-state index contributed by atoms with van der Waals surface area (Å²) in [7, 11) is 0. The molecule has 0 saturated heterocycles. The Kier molecular flexibility index (Phi) is 14.8. The largest absolute Gasteiger partial charge is 0.327 e. The van der Waals surface area contributed by atoms with Gasteiger partial charge in [0.15, 0.2) is 69.8 Å². The molecule has 0 heterocycles. The van der Waals surface area contributed by atoms with Crippen LogP contribution in [0.3, 0.4) is 0 Å². The molecule has 336 valence electrons. The van der Waals surface area contributed by atoms with Gasteiger partial charge in [-0.15, -0.1) is 21.9 Å². The number of nitrogens with one attached hydrogen (secondary N) is 1. The molecular weight excluding hydrogens is 885 g/mol. The number of quaternary nitrogens is 1. The summed E-state index contributed by atoms with van der Waals surface area (Å²) in [5.41, 5.74) is -11.4. The number of benzene rings is 5. The molecule has 0 saturated carbocycles. The quantitative estimate of drug-likeness (QED) is 0.0620. The Bertz CT molecular complexity index is 2150. The van der Waals surface area contributed by atoms with Gasteiger partial charge in [-0.2, -0.15) is 0 Å². The summed E-state index contributed by atoms with van der Waals surface area (Å²) in [6, 6.07) is 10.5. The van der Waals surface area contributed by atoms with Crippen molar-refractivity contribution in [3.63, 3.8) is 0 Å². The molecule has 5 aromatic carbocycles. The highest BCUT2D eigenvalue weighted by atomic mass is 19.2. The Morgan fingerprint density at radius 3 is 0.823 bits per heavy atom. The number of aryl methyl sites for hydroxylation is 1. The lowest BCUT2D eigenvalue weighted by molar-refractivity contribution is -0.955. The third-order valence-electron chi connectivity index (χ3n) is 10.1. The van der Waals surface area contributed by atoms with Crippen LogP contribution >= 0.6 is 0 Å². The van der Waals surface area contributed by atoms with Gasteiger partial charge < -0.3 is 4.90 Å². The summed E-state index contributed by atoms with van der Waals surface area (Å²) in [6.07, 6.45) is -4.79. The van der Waals surface area contributed by atoms with Gasteiger partial charge in [0.1, 0.15) is 59.2 Å². The molecular formula is C40H28BF20N. The van der Waals surface area contributed by atoms with Gasteiger partial charge in [0, 0.05) is 5.56 Å². The zero-order valence-corrected chi connectivity index (χ0v) is 32.2. The molecule has 0 fully saturated rings. The molecule has 0 bridgehead atoms. The predicted molar refractivity (Wildman–Crippen MR) is 185 cm³/mol. The Labute approximate surface area is 338 Å². The standard InChI is InChI=1S/C24BF20.C16H27N/c26-5-1(6(27)14(35)21(42)13(5)34)25(2-7(28)15(36)22(43)16(37)8(2)29,3-9(30)17(38)23(44)18(39)10(3)31)4-11(32)19(40)24(45)20(41)12(4)33;1-6-8-15-9-7-10-16(11-15)12-17(13(2)3)14(4)5/h;7,9-11,13-14H,6,8,12H2,1-5H3/q-1;/p+1. The van der Waals surface area contributed by atoms with Crippen LogP contribution in [0.2, 0.25) is 0 Å². The fraction of sp³-hybridized carbons (Fsp3) is 0.250. The van der Waals surface area contributed by atoms with Crippen LogP contribution < -0.4 is 26.8 Å². The SMILES string of the molecule is CCCc1cccc(C[NH+](C(C)C)C(C)C)c1.Fc1c(F)c(F)c([B-](c2c(F)c(F)c(F)c(F)c2F)(c2c(F)c(F)c(F)c(F)c2F)c2c(F)c(F)c(F)c(F)c2F)c(F)c1F. The summed E-state index contributed by atoms with van der Waals surface area (Å²) in [5, 5.41) is 0. The number of rotatable bonds is 10. The molecule has 0 aliphatic rings. The van der Waals surface area contributed by atoms with Crippen LogP contribution in [0.1, 0.15) is 52.2 Å². The molecule has 0 amide bonds. The molecule has 0 aliphatic carbocycles. The van der Waals surface area contributed by atoms with Crippen LogP contribution in [0.5, 0.6) is 0 Å². The third kappa shape index (κ3) is 8.09. The van der Waals surface area contributed by atoms with Crippen molar-refractivity contribution in [3.8, 4) is 0 Å². The smallest absolute Gasteiger partial charge is 0.200 e. The van der Waals surface area contributed by atoms with Crippen LogP contribution in [-0.4, -0.2) is 18.2 Å². The second-order valence-corrected chi connectivity index (χ2v) is 14.4. The van der Waals surface area contributed by atoms with Crippen molar-refractivity contribution in [2.75, 3.05) is 0 Å². The van der Waals surface area contributed by atoms with Gasteiger partial charge in [0.25, 0.3) is 0 Å². The average Bonchev–Trinajstić information content (AvgIpc) is 3.23. The number of hydrogen-bond donors (Lipinski definition) is 1. The monoisotopic (exact) mass is 913 g/mol. The predicted octanol–water partition coefficient (Wildman–Crippen LogP) is 8.69. The van der Waals surface area contributed by atoms with Crippen molar-refractivity contribution in [1.29, 1.82) is 0 Å². The molecule has 0 aliphatic heterocycles. The maximum atomic E-state index is 15.4. The maximum Gasteiger partial charge on any atom is 0.200 e. The molecule has 0 atom stereocenters. The lowest BCUT2D eigenvalue weighted by Crippen LogP contribution is -3.16. The minimum atomic E-state index is -7.22. The van der Waals surface area contributed by atoms with E-state index in [4.69, 9.17) is 0 Å². The normalized spacial score (nSPS) is 11.9. The molecule has 22 heteroatoms. The van der Waals surface area contributed by atoms with Crippen LogP contribution in [0, 0.1) is 116 Å². The molecule has 1 N–H and O–H groups in total. The second-order valence-electron chi connectivity index (χ2n) is 14.4. The Morgan fingerprint density at radius 2 is 0.597 bits per heavy atom. The summed E-state index contributed by atoms with van der Waals surface area (Å²) >= 11 is 0. The minimum absolute atomic E-state index is 0.685. The first-order valence-corrected chi connectivity index (χ1v) is 17.9. The van der Waals surface area contributed by atoms with Gasteiger partial charge in [0.05, 0.1) is 12.1 Å². The number of halogens is 20. The van der Waals surface area contributed by atoms with E-state index in [0.29, 0.717) is 12.1 Å². The van der Waals surface area contributed by atoms with E-state index in [-0.39, 0.29) is 0 Å². The Morgan fingerprint density at radius 1 is 0.371 bits per heavy atom. The molecule has 0 unspecified atom stereocenters. The molecule has 1 nitrogen and oxygen atoms in total. The third-order valence-corrected chi connectivity index (χ3v) is 10.1. The first-order valence-electron chi connectivity index (χ1n) is 17.9. The lowest BCUT2D eigenvalue weighted by atomic mass is 9.12. The van der Waals surface area contributed by atoms with E-state index >= 15 is 35.1 Å². The molecule has 0 spiro atoms. The summed E-state index contributed by atoms with van der Waals surface area (Å²) in [4.78, 5) is 1.67. The molecule has 5 rings (SSSR count). The maximum absolute atomic E-state index is 15.4. The van der Waals surface area contributed by atoms with E-state index in [0.717, 1.165) is 6.54 Å². The number of hydrogen-bond acceptors (Lipinski definition) is 0. The van der Waals surface area contributed by atoms with E-state index in [1.165, 1.54) is 24.0 Å². The van der Waals surface area contributed by atoms with Crippen molar-refractivity contribution in [1.82, 2.24) is 0 Å². The van der Waals surface area contributed by atoms with E-state index in [1.54, 1.807) is 4.90 Å². The molecule has 0 aromatic heterocycles. The van der Waals surface area contributed by atoms with E-state index in [1.807, 2.05) is 0 Å². The van der Waals surface area contributed by atoms with Crippen molar-refractivity contribution in [2.24, 2.45) is 0 Å². The lowest BCUT2D eigenvalue weighted by Gasteiger charge is -2.44. The highest BCUT2D eigenvalue weighted by molar-refractivity contribution is 7.20. The highest BCUT2D eigenvalue weighted by Gasteiger charge is 2.52. The average molecular weight is 913 g/mol. The van der Waals surface area contributed by atoms with Gasteiger partial charge in [-0.05, 0) is 39.7 Å². The zero-order valence-electron chi connectivity index (χ0n) is 32.2. The van der Waals surface area contributed by atoms with Gasteiger partial charge >= 0.3 is 0 Å². The van der Waals surface area contributed by atoms with Gasteiger partial charge in [0.2, 0.25) is 0 Å². The van der Waals surface area contributed by atoms with Crippen molar-refractivity contribution < 1.29 is 92.7 Å². The summed E-state index contributed by atoms with van der Waals surface area (Å²) < 4.78 is 294. The van der Waals surface area contributed by atoms with Crippen LogP contribution in [0.15, 0.2) is 24.3 Å². The van der Waals surface area contributed by atoms with Crippen LogP contribution in [0.25, 0.3) is 0 Å². The van der Waals surface area contributed by atoms with Gasteiger partial charge in [-0.1, -0.05) is 37.6 Å². The van der Waals surface area contributed by atoms with Crippen LogP contribution in [0.4, 0.5) is 87.8 Å². The van der Waals surface area contributed by atoms with E-state index in [9.17, 15) is 52.7 Å². The minimum Gasteiger partial charge on any atom is -0.327 e. The van der Waals surface area contributed by atoms with Crippen molar-refractivity contribution >= 4 is 28.0 Å². The summed E-state index contributed by atoms with van der Waals surface area (Å²) in [6.45, 7) is 12.6. The fourth-order valence-corrected chi connectivity index (χ4v) is 7.37. The summed E-state index contributed by atoms with van der Waals surface area (Å²) in [5.74, 6) is -71.4. The highest BCUT2D eigenvalue weighted by Crippen LogP contribution is 2.30. The van der Waals surface area contributed by atoms with Crippen molar-refractivity contribution in [3.05, 3.63) is 152 Å². The fourth-order valence-electron chi connectivity index (χ4n) is 7.37. The molecule has 0 radical (unpaired) electrons. The zero-order chi connectivity index (χ0) is 47.2. The van der Waals surface area contributed by atoms with Gasteiger partial charge in [-0.25, -0.2) is 87.8 Å². The van der Waals surface area contributed by atoms with E-state index in [2.05, 4.69) is 58.9 Å². The topological polar surface area (TPSA) is 4.44 Å². The first-order chi connectivity index (χ1) is 28.7. The van der Waals surface area contributed by atoms with Gasteiger partial charge in [-0.3, -0.25) is 0 Å². The molecule has 5 aromatic rings. The Hall–Kier alpha value is -5.28. The van der Waals surface area contributed by atoms with Crippen LogP contribution in [-0.2, 0) is 13.0 Å². The Balaban J connectivity index is 0.000000416. The second kappa shape index (κ2) is 18.6.